The van der Waals surface area contributed by atoms with E-state index in [-0.39, 0.29) is 0 Å². The lowest BCUT2D eigenvalue weighted by Crippen LogP contribution is -2.35. The number of thioether (sulfide) groups is 1. The molecule has 0 atom stereocenters. The molecule has 1 fully saturated rings. The van der Waals surface area contributed by atoms with Crippen molar-refractivity contribution in [1.82, 2.24) is 5.32 Å². The van der Waals surface area contributed by atoms with Crippen LogP contribution >= 0.6 is 11.8 Å². The lowest BCUT2D eigenvalue weighted by Gasteiger charge is -2.27. The van der Waals surface area contributed by atoms with E-state index < -0.39 is 0 Å². The Kier molecular flexibility index (Phi) is 5.18. The summed E-state index contributed by atoms with van der Waals surface area (Å²) in [6.07, 6.45) is 10.6. The highest BCUT2D eigenvalue weighted by atomic mass is 32.2. The van der Waals surface area contributed by atoms with Crippen LogP contribution in [0.5, 0.6) is 0 Å². The zero-order chi connectivity index (χ0) is 9.57. The maximum absolute atomic E-state index is 3.60. The second-order valence-corrected chi connectivity index (χ2v) is 5.40. The Balaban J connectivity index is 2.16. The Morgan fingerprint density at radius 3 is 2.54 bits per heavy atom. The number of unbranched alkanes of at least 4 members (excludes halogenated alkanes) is 1. The Hall–Kier alpha value is 0.310. The van der Waals surface area contributed by atoms with Gasteiger partial charge in [0.1, 0.15) is 0 Å². The van der Waals surface area contributed by atoms with Crippen molar-refractivity contribution in [2.24, 2.45) is 0 Å². The third-order valence-corrected chi connectivity index (χ3v) is 4.52. The fourth-order valence-corrected chi connectivity index (χ4v) is 3.03. The summed E-state index contributed by atoms with van der Waals surface area (Å²) in [4.78, 5) is 0. The third kappa shape index (κ3) is 3.51. The molecule has 0 radical (unpaired) electrons. The summed E-state index contributed by atoms with van der Waals surface area (Å²) >= 11 is 2.08. The number of hydrogen-bond acceptors (Lipinski definition) is 2. The maximum Gasteiger partial charge on any atom is 0.0281 e. The van der Waals surface area contributed by atoms with Crippen molar-refractivity contribution in [2.75, 3.05) is 19.3 Å². The highest BCUT2D eigenvalue weighted by molar-refractivity contribution is 8.00. The number of hydrogen-bond donors (Lipinski definition) is 1. The molecule has 0 bridgehead atoms. The van der Waals surface area contributed by atoms with E-state index in [0.717, 1.165) is 0 Å². The fraction of sp³-hybridized carbons (Fsp3) is 1.00. The van der Waals surface area contributed by atoms with E-state index in [1.54, 1.807) is 0 Å². The van der Waals surface area contributed by atoms with Crippen molar-refractivity contribution in [1.29, 1.82) is 0 Å². The molecule has 0 unspecified atom stereocenters. The van der Waals surface area contributed by atoms with Gasteiger partial charge in [0.05, 0.1) is 0 Å². The first-order valence-electron chi connectivity index (χ1n) is 5.59. The molecule has 78 valence electrons. The first-order chi connectivity index (χ1) is 6.33. The van der Waals surface area contributed by atoms with Crippen LogP contribution in [0.15, 0.2) is 0 Å². The molecule has 1 aliphatic rings. The highest BCUT2D eigenvalue weighted by Gasteiger charge is 2.32. The van der Waals surface area contributed by atoms with Gasteiger partial charge in [-0.1, -0.05) is 26.2 Å². The normalized spacial score (nSPS) is 20.8. The van der Waals surface area contributed by atoms with Gasteiger partial charge in [-0.25, -0.2) is 0 Å². The van der Waals surface area contributed by atoms with Crippen molar-refractivity contribution >= 4 is 11.8 Å². The van der Waals surface area contributed by atoms with Crippen LogP contribution in [-0.4, -0.2) is 24.1 Å². The lowest BCUT2D eigenvalue weighted by molar-refractivity contribution is 0.525. The highest BCUT2D eigenvalue weighted by Crippen LogP contribution is 2.39. The van der Waals surface area contributed by atoms with Crippen molar-refractivity contribution < 1.29 is 0 Å². The fourth-order valence-electron chi connectivity index (χ4n) is 2.09. The van der Waals surface area contributed by atoms with Crippen LogP contribution < -0.4 is 5.32 Å². The summed E-state index contributed by atoms with van der Waals surface area (Å²) in [5, 5.41) is 3.60. The van der Waals surface area contributed by atoms with Gasteiger partial charge >= 0.3 is 0 Å². The summed E-state index contributed by atoms with van der Waals surface area (Å²) in [7, 11) is 0. The summed E-state index contributed by atoms with van der Waals surface area (Å²) in [6, 6.07) is 0. The monoisotopic (exact) mass is 201 g/mol. The zero-order valence-electron chi connectivity index (χ0n) is 9.07. The van der Waals surface area contributed by atoms with E-state index in [1.807, 2.05) is 0 Å². The van der Waals surface area contributed by atoms with Gasteiger partial charge in [-0.3, -0.25) is 0 Å². The standard InChI is InChI=1S/C11H23NS/c1-3-4-9-12-10-11(13-2)7-5-6-8-11/h12H,3-10H2,1-2H3. The van der Waals surface area contributed by atoms with Gasteiger partial charge in [-0.15, -0.1) is 0 Å². The molecule has 0 spiro atoms. The molecule has 1 aliphatic carbocycles. The molecule has 1 nitrogen and oxygen atoms in total. The molecule has 0 saturated heterocycles. The number of rotatable bonds is 6. The van der Waals surface area contributed by atoms with Gasteiger partial charge < -0.3 is 5.32 Å². The topological polar surface area (TPSA) is 12.0 Å². The molecule has 0 aromatic rings. The van der Waals surface area contributed by atoms with E-state index in [2.05, 4.69) is 30.3 Å². The average molecular weight is 201 g/mol. The summed E-state index contributed by atoms with van der Waals surface area (Å²) < 4.78 is 0.591. The van der Waals surface area contributed by atoms with Crippen LogP contribution in [0.25, 0.3) is 0 Å². The van der Waals surface area contributed by atoms with Gasteiger partial charge in [0.15, 0.2) is 0 Å². The SMILES string of the molecule is CCCCNCC1(SC)CCCC1. The first kappa shape index (κ1) is 11.4. The minimum Gasteiger partial charge on any atom is -0.315 e. The summed E-state index contributed by atoms with van der Waals surface area (Å²) in [5.41, 5.74) is 0. The van der Waals surface area contributed by atoms with Crippen LogP contribution in [0.2, 0.25) is 0 Å². The minimum atomic E-state index is 0.591. The molecule has 0 aromatic heterocycles. The van der Waals surface area contributed by atoms with Gasteiger partial charge in [-0.05, 0) is 32.1 Å². The smallest absolute Gasteiger partial charge is 0.0281 e. The number of nitrogens with one attached hydrogen (secondary N) is 1. The van der Waals surface area contributed by atoms with E-state index in [0.29, 0.717) is 4.75 Å². The average Bonchev–Trinajstić information content (AvgIpc) is 2.62. The molecule has 1 rings (SSSR count). The van der Waals surface area contributed by atoms with Crippen LogP contribution in [0.4, 0.5) is 0 Å². The minimum absolute atomic E-state index is 0.591. The Labute approximate surface area is 87.1 Å². The zero-order valence-corrected chi connectivity index (χ0v) is 9.88. The van der Waals surface area contributed by atoms with E-state index >= 15 is 0 Å². The molecule has 1 N–H and O–H groups in total. The second-order valence-electron chi connectivity index (χ2n) is 4.12. The van der Waals surface area contributed by atoms with Crippen LogP contribution in [0.1, 0.15) is 45.4 Å². The molecule has 0 amide bonds. The summed E-state index contributed by atoms with van der Waals surface area (Å²) in [5.74, 6) is 0. The quantitative estimate of drug-likeness (QED) is 0.663. The molecular weight excluding hydrogens is 178 g/mol. The molecule has 0 aliphatic heterocycles. The predicted molar refractivity (Wildman–Crippen MR) is 62.5 cm³/mol. The first-order valence-corrected chi connectivity index (χ1v) is 6.81. The van der Waals surface area contributed by atoms with Crippen molar-refractivity contribution in [3.63, 3.8) is 0 Å². The van der Waals surface area contributed by atoms with Crippen LogP contribution in [-0.2, 0) is 0 Å². The molecular formula is C11H23NS. The van der Waals surface area contributed by atoms with Gasteiger partial charge in [-0.2, -0.15) is 11.8 Å². The molecule has 13 heavy (non-hydrogen) atoms. The van der Waals surface area contributed by atoms with Crippen molar-refractivity contribution in [2.45, 2.75) is 50.2 Å². The van der Waals surface area contributed by atoms with Gasteiger partial charge in [0.25, 0.3) is 0 Å². The molecule has 2 heteroatoms. The summed E-state index contributed by atoms with van der Waals surface area (Å²) in [6.45, 7) is 4.69. The van der Waals surface area contributed by atoms with Crippen LogP contribution in [0, 0.1) is 0 Å². The van der Waals surface area contributed by atoms with E-state index in [1.165, 1.54) is 51.6 Å². The Bertz CT molecular complexity index is 130. The van der Waals surface area contributed by atoms with E-state index in [9.17, 15) is 0 Å². The molecule has 0 heterocycles. The van der Waals surface area contributed by atoms with Gasteiger partial charge in [0, 0.05) is 11.3 Å². The van der Waals surface area contributed by atoms with Crippen molar-refractivity contribution in [3.05, 3.63) is 0 Å². The van der Waals surface area contributed by atoms with E-state index in [4.69, 9.17) is 0 Å². The lowest BCUT2D eigenvalue weighted by atomic mass is 10.1. The molecule has 0 aromatic carbocycles. The third-order valence-electron chi connectivity index (χ3n) is 3.10. The maximum atomic E-state index is 3.60. The Morgan fingerprint density at radius 1 is 1.31 bits per heavy atom. The Morgan fingerprint density at radius 2 is 2.00 bits per heavy atom. The predicted octanol–water partition coefficient (Wildman–Crippen LogP) is 3.05. The van der Waals surface area contributed by atoms with Gasteiger partial charge in [0.2, 0.25) is 0 Å². The van der Waals surface area contributed by atoms with Crippen LogP contribution in [0.3, 0.4) is 0 Å². The second kappa shape index (κ2) is 5.92. The molecule has 1 saturated carbocycles. The van der Waals surface area contributed by atoms with Crippen molar-refractivity contribution in [3.8, 4) is 0 Å². The largest absolute Gasteiger partial charge is 0.315 e.